The summed E-state index contributed by atoms with van der Waals surface area (Å²) in [7, 11) is 0. The summed E-state index contributed by atoms with van der Waals surface area (Å²) in [5, 5.41) is 15.9. The van der Waals surface area contributed by atoms with E-state index in [1.54, 1.807) is 49.8 Å². The molecular weight excluding hydrogens is 584 g/mol. The lowest BCUT2D eigenvalue weighted by Gasteiger charge is -2.29. The summed E-state index contributed by atoms with van der Waals surface area (Å²) in [5.41, 5.74) is 5.22. The fraction of sp³-hybridized carbons (Fsp3) is 0.324. The first-order valence-electron chi connectivity index (χ1n) is 14.5. The third-order valence-corrected chi connectivity index (χ3v) is 8.75. The van der Waals surface area contributed by atoms with Crippen LogP contribution in [0.4, 0.5) is 8.78 Å². The molecule has 2 aromatic carbocycles. The number of hydrogen-bond acceptors (Lipinski definition) is 6. The van der Waals surface area contributed by atoms with Crippen molar-refractivity contribution in [3.63, 3.8) is 0 Å². The highest BCUT2D eigenvalue weighted by Crippen LogP contribution is 2.44. The summed E-state index contributed by atoms with van der Waals surface area (Å²) in [5.74, 6) is -1.65. The number of nitrogens with zero attached hydrogens (tertiary/aromatic N) is 3. The van der Waals surface area contributed by atoms with Gasteiger partial charge >= 0.3 is 5.97 Å². The molecule has 228 valence electrons. The van der Waals surface area contributed by atoms with Gasteiger partial charge in [-0.3, -0.25) is 0 Å². The van der Waals surface area contributed by atoms with E-state index >= 15 is 4.39 Å². The minimum atomic E-state index is -1.31. The van der Waals surface area contributed by atoms with E-state index in [2.05, 4.69) is 4.98 Å². The molecule has 0 amide bonds. The van der Waals surface area contributed by atoms with Gasteiger partial charge in [0, 0.05) is 40.4 Å². The minimum Gasteiger partial charge on any atom is -0.490 e. The maximum atomic E-state index is 15.6. The monoisotopic (exact) mass is 617 g/mol. The molecule has 7 nitrogen and oxygen atoms in total. The van der Waals surface area contributed by atoms with Crippen LogP contribution < -0.4 is 4.74 Å². The Morgan fingerprint density at radius 3 is 2.64 bits per heavy atom. The molecule has 6 rings (SSSR count). The predicted octanol–water partition coefficient (Wildman–Crippen LogP) is 7.88. The Hall–Kier alpha value is -4.15. The quantitative estimate of drug-likeness (QED) is 0.200. The summed E-state index contributed by atoms with van der Waals surface area (Å²) in [6, 6.07) is 9.67. The minimum absolute atomic E-state index is 0.258. The number of aromatic nitrogens is 3. The van der Waals surface area contributed by atoms with Gasteiger partial charge in [0.1, 0.15) is 16.5 Å². The van der Waals surface area contributed by atoms with Crippen molar-refractivity contribution in [3.8, 4) is 27.6 Å². The van der Waals surface area contributed by atoms with Gasteiger partial charge in [0.15, 0.2) is 17.7 Å². The predicted molar refractivity (Wildman–Crippen MR) is 165 cm³/mol. The topological polar surface area (TPSA) is 86.0 Å². The molecule has 0 saturated heterocycles. The molecule has 0 saturated carbocycles. The molecule has 1 aliphatic rings. The normalized spacial score (nSPS) is 14.0. The van der Waals surface area contributed by atoms with Crippen LogP contribution in [0.3, 0.4) is 0 Å². The number of halogens is 2. The molecule has 1 N–H and O–H groups in total. The van der Waals surface area contributed by atoms with Crippen LogP contribution in [-0.2, 0) is 22.4 Å². The molecule has 1 aliphatic heterocycles. The van der Waals surface area contributed by atoms with E-state index < -0.39 is 23.5 Å². The molecular formula is C34H33F2N3O4S. The van der Waals surface area contributed by atoms with Gasteiger partial charge in [0.25, 0.3) is 0 Å². The first-order valence-corrected chi connectivity index (χ1v) is 15.3. The number of thiazole rings is 1. The largest absolute Gasteiger partial charge is 0.490 e. The molecule has 10 heteroatoms. The van der Waals surface area contributed by atoms with Crippen LogP contribution in [-0.4, -0.2) is 37.9 Å². The number of fused-ring (bicyclic) bond motifs is 2. The smallest absolute Gasteiger partial charge is 0.337 e. The Labute approximate surface area is 258 Å². The van der Waals surface area contributed by atoms with Crippen molar-refractivity contribution in [2.75, 3.05) is 6.61 Å². The zero-order valence-electron chi connectivity index (χ0n) is 25.2. The number of carbonyl (C=O) groups is 1. The summed E-state index contributed by atoms with van der Waals surface area (Å²) in [4.78, 5) is 18.4. The molecule has 0 spiro atoms. The zero-order chi connectivity index (χ0) is 31.3. The highest BCUT2D eigenvalue weighted by Gasteiger charge is 2.34. The number of aryl methyl sites for hydroxylation is 1. The zero-order valence-corrected chi connectivity index (χ0v) is 26.0. The standard InChI is InChI=1S/C34H33F2N3O4S/c1-18-17-39-27(15-26(38-39)32-37-16-22(44-32)13-20-8-10-21(35)11-9-20)29(28(18)31(33(40)41)43-34(3,4)5)24-14-25(36)30-23(19(24)2)7-6-12-42-30/h8-11,14-17,31H,6-7,12-13H2,1-5H3,(H,40,41)/t31-/m0/s1. The van der Waals surface area contributed by atoms with Crippen LogP contribution in [0.5, 0.6) is 5.75 Å². The van der Waals surface area contributed by atoms with Gasteiger partial charge in [0.05, 0.1) is 17.7 Å². The Bertz CT molecular complexity index is 1890. The first kappa shape index (κ1) is 29.9. The van der Waals surface area contributed by atoms with Crippen molar-refractivity contribution in [1.82, 2.24) is 14.6 Å². The van der Waals surface area contributed by atoms with Crippen molar-refractivity contribution < 1.29 is 28.2 Å². The van der Waals surface area contributed by atoms with Crippen molar-refractivity contribution >= 4 is 22.8 Å². The molecule has 0 unspecified atom stereocenters. The summed E-state index contributed by atoms with van der Waals surface area (Å²) < 4.78 is 42.5. The van der Waals surface area contributed by atoms with Crippen LogP contribution in [0, 0.1) is 25.5 Å². The molecule has 0 bridgehead atoms. The fourth-order valence-electron chi connectivity index (χ4n) is 5.81. The van der Waals surface area contributed by atoms with Gasteiger partial charge < -0.3 is 14.6 Å². The van der Waals surface area contributed by atoms with Crippen LogP contribution in [0.1, 0.15) is 66.0 Å². The second kappa shape index (κ2) is 11.4. The SMILES string of the molecule is Cc1cn2nc(-c3ncc(Cc4ccc(F)cc4)s3)cc2c(-c2cc(F)c3c(c2C)CCCO3)c1[C@H](OC(C)(C)C)C(=O)O. The van der Waals surface area contributed by atoms with E-state index in [9.17, 15) is 14.3 Å². The van der Waals surface area contributed by atoms with Gasteiger partial charge in [-0.2, -0.15) is 5.10 Å². The van der Waals surface area contributed by atoms with E-state index in [0.717, 1.165) is 28.0 Å². The van der Waals surface area contributed by atoms with Gasteiger partial charge in [-0.15, -0.1) is 11.3 Å². The molecule has 0 aliphatic carbocycles. The second-order valence-electron chi connectivity index (χ2n) is 12.1. The van der Waals surface area contributed by atoms with E-state index in [1.165, 1.54) is 29.5 Å². The summed E-state index contributed by atoms with van der Waals surface area (Å²) in [6.45, 7) is 9.61. The van der Waals surface area contributed by atoms with E-state index in [4.69, 9.17) is 14.6 Å². The van der Waals surface area contributed by atoms with E-state index in [1.807, 2.05) is 19.9 Å². The van der Waals surface area contributed by atoms with E-state index in [0.29, 0.717) is 57.9 Å². The highest BCUT2D eigenvalue weighted by molar-refractivity contribution is 7.15. The molecule has 5 aromatic rings. The maximum Gasteiger partial charge on any atom is 0.337 e. The molecule has 3 aromatic heterocycles. The average molecular weight is 618 g/mol. The van der Waals surface area contributed by atoms with Crippen LogP contribution in [0.25, 0.3) is 27.3 Å². The molecule has 0 fully saturated rings. The van der Waals surface area contributed by atoms with Crippen LogP contribution >= 0.6 is 11.3 Å². The number of benzene rings is 2. The Morgan fingerprint density at radius 1 is 1.18 bits per heavy atom. The molecule has 1 atom stereocenters. The number of carboxylic acids is 1. The summed E-state index contributed by atoms with van der Waals surface area (Å²) in [6.07, 6.45) is 4.26. The number of hydrogen-bond donors (Lipinski definition) is 1. The third-order valence-electron chi connectivity index (χ3n) is 7.73. The molecule has 44 heavy (non-hydrogen) atoms. The van der Waals surface area contributed by atoms with Gasteiger partial charge in [-0.05, 0) is 94.0 Å². The third kappa shape index (κ3) is 5.71. The number of rotatable bonds is 7. The molecule has 0 radical (unpaired) electrons. The Morgan fingerprint density at radius 2 is 1.93 bits per heavy atom. The molecule has 4 heterocycles. The lowest BCUT2D eigenvalue weighted by Crippen LogP contribution is -2.28. The summed E-state index contributed by atoms with van der Waals surface area (Å²) >= 11 is 1.48. The number of carboxylic acid groups (broad SMARTS) is 1. The van der Waals surface area contributed by atoms with Crippen LogP contribution in [0.15, 0.2) is 48.8 Å². The number of pyridine rings is 1. The number of ether oxygens (including phenoxy) is 2. The Balaban J connectivity index is 1.55. The van der Waals surface area contributed by atoms with Crippen molar-refractivity contribution in [2.45, 2.75) is 65.6 Å². The fourth-order valence-corrected chi connectivity index (χ4v) is 6.71. The number of aliphatic carboxylic acids is 1. The average Bonchev–Trinajstić information content (AvgIpc) is 3.61. The maximum absolute atomic E-state index is 15.6. The van der Waals surface area contributed by atoms with Crippen molar-refractivity contribution in [1.29, 1.82) is 0 Å². The van der Waals surface area contributed by atoms with E-state index in [-0.39, 0.29) is 11.6 Å². The van der Waals surface area contributed by atoms with Crippen LogP contribution in [0.2, 0.25) is 0 Å². The van der Waals surface area contributed by atoms with Gasteiger partial charge in [0.2, 0.25) is 0 Å². The Kier molecular flexibility index (Phi) is 7.75. The second-order valence-corrected chi connectivity index (χ2v) is 13.2. The van der Waals surface area contributed by atoms with Crippen molar-refractivity contribution in [2.24, 2.45) is 0 Å². The lowest BCUT2D eigenvalue weighted by molar-refractivity contribution is -0.160. The first-order chi connectivity index (χ1) is 20.9. The van der Waals surface area contributed by atoms with Gasteiger partial charge in [-0.25, -0.2) is 23.1 Å². The lowest BCUT2D eigenvalue weighted by atomic mass is 9.87. The van der Waals surface area contributed by atoms with Crippen molar-refractivity contribution in [3.05, 3.63) is 93.1 Å². The highest BCUT2D eigenvalue weighted by atomic mass is 32.1. The van der Waals surface area contributed by atoms with Gasteiger partial charge in [-0.1, -0.05) is 12.1 Å².